The Balaban J connectivity index is 1.78. The minimum absolute atomic E-state index is 0.479. The van der Waals surface area contributed by atoms with Crippen LogP contribution < -0.4 is 14.8 Å². The Bertz CT molecular complexity index is 863. The van der Waals surface area contributed by atoms with Crippen LogP contribution in [0.15, 0.2) is 42.5 Å². The number of aromatic nitrogens is 4. The van der Waals surface area contributed by atoms with Gasteiger partial charge < -0.3 is 14.8 Å². The van der Waals surface area contributed by atoms with Crippen LogP contribution in [-0.2, 0) is 19.7 Å². The molecule has 7 heteroatoms. The highest BCUT2D eigenvalue weighted by Gasteiger charge is 2.13. The second kappa shape index (κ2) is 8.33. The van der Waals surface area contributed by atoms with Crippen molar-refractivity contribution >= 4 is 5.95 Å². The third-order valence-electron chi connectivity index (χ3n) is 4.18. The summed E-state index contributed by atoms with van der Waals surface area (Å²) < 4.78 is 13.3. The van der Waals surface area contributed by atoms with E-state index in [0.29, 0.717) is 31.4 Å². The Morgan fingerprint density at radius 3 is 2.65 bits per heavy atom. The van der Waals surface area contributed by atoms with Gasteiger partial charge in [0.05, 0.1) is 7.11 Å². The van der Waals surface area contributed by atoms with Crippen molar-refractivity contribution < 1.29 is 9.47 Å². The number of hydrogen-bond donors (Lipinski definition) is 1. The quantitative estimate of drug-likeness (QED) is 0.670. The number of anilines is 1. The van der Waals surface area contributed by atoms with Crippen molar-refractivity contribution in [2.75, 3.05) is 12.4 Å². The van der Waals surface area contributed by atoms with Gasteiger partial charge in [-0.2, -0.15) is 0 Å². The zero-order valence-corrected chi connectivity index (χ0v) is 15.3. The van der Waals surface area contributed by atoms with Crippen LogP contribution in [0.3, 0.4) is 0 Å². The van der Waals surface area contributed by atoms with Crippen molar-refractivity contribution in [3.05, 3.63) is 59.2 Å². The van der Waals surface area contributed by atoms with Gasteiger partial charge in [-0.3, -0.25) is 0 Å². The number of aryl methyl sites for hydroxylation is 2. The van der Waals surface area contributed by atoms with E-state index in [1.165, 1.54) is 5.56 Å². The topological polar surface area (TPSA) is 74.1 Å². The fourth-order valence-electron chi connectivity index (χ4n) is 2.67. The first-order valence-electron chi connectivity index (χ1n) is 8.56. The molecule has 1 heterocycles. The summed E-state index contributed by atoms with van der Waals surface area (Å²) in [6.45, 7) is 5.77. The van der Waals surface area contributed by atoms with Gasteiger partial charge in [-0.05, 0) is 41.5 Å². The second-order valence-corrected chi connectivity index (χ2v) is 5.84. The van der Waals surface area contributed by atoms with Crippen LogP contribution in [-0.4, -0.2) is 27.3 Å². The number of methoxy groups -OCH3 is 1. The Morgan fingerprint density at radius 1 is 1.08 bits per heavy atom. The van der Waals surface area contributed by atoms with Gasteiger partial charge in [0.1, 0.15) is 6.61 Å². The Morgan fingerprint density at radius 2 is 1.88 bits per heavy atom. The summed E-state index contributed by atoms with van der Waals surface area (Å²) in [5.74, 6) is 2.05. The molecule has 0 unspecified atom stereocenters. The van der Waals surface area contributed by atoms with Crippen LogP contribution in [0.2, 0.25) is 0 Å². The van der Waals surface area contributed by atoms with E-state index >= 15 is 0 Å². The van der Waals surface area contributed by atoms with Crippen LogP contribution in [0.25, 0.3) is 0 Å². The predicted molar refractivity (Wildman–Crippen MR) is 99.3 cm³/mol. The van der Waals surface area contributed by atoms with Gasteiger partial charge in [0.25, 0.3) is 0 Å². The summed E-state index contributed by atoms with van der Waals surface area (Å²) in [6, 6.07) is 14.0. The number of benzene rings is 2. The van der Waals surface area contributed by atoms with Crippen molar-refractivity contribution in [1.82, 2.24) is 20.2 Å². The van der Waals surface area contributed by atoms with Crippen LogP contribution in [0.1, 0.15) is 23.6 Å². The monoisotopic (exact) mass is 353 g/mol. The zero-order chi connectivity index (χ0) is 18.4. The average Bonchev–Trinajstić information content (AvgIpc) is 3.13. The van der Waals surface area contributed by atoms with Crippen LogP contribution in [0.5, 0.6) is 11.5 Å². The van der Waals surface area contributed by atoms with E-state index in [4.69, 9.17) is 9.47 Å². The van der Waals surface area contributed by atoms with Crippen LogP contribution in [0.4, 0.5) is 5.95 Å². The van der Waals surface area contributed by atoms with E-state index in [1.54, 1.807) is 11.8 Å². The molecule has 0 aliphatic heterocycles. The van der Waals surface area contributed by atoms with Gasteiger partial charge in [-0.15, -0.1) is 0 Å². The van der Waals surface area contributed by atoms with E-state index in [2.05, 4.69) is 39.9 Å². The molecular weight excluding hydrogens is 330 g/mol. The lowest BCUT2D eigenvalue weighted by Crippen LogP contribution is -2.09. The van der Waals surface area contributed by atoms with Gasteiger partial charge in [0.2, 0.25) is 5.95 Å². The number of hydrogen-bond acceptors (Lipinski definition) is 6. The standard InChI is InChI=1S/C19H23N5O2/c1-4-24-19(21-22-23-24)20-12-15-10-7-11-17(25-3)18(15)26-13-16-9-6-5-8-14(16)2/h5-11H,4,12-13H2,1-3H3,(H,20,21,23). The van der Waals surface area contributed by atoms with Gasteiger partial charge in [0.15, 0.2) is 11.5 Å². The molecule has 0 bridgehead atoms. The molecule has 7 nitrogen and oxygen atoms in total. The Hall–Kier alpha value is -3.09. The highest BCUT2D eigenvalue weighted by Crippen LogP contribution is 2.32. The van der Waals surface area contributed by atoms with Crippen molar-refractivity contribution in [3.8, 4) is 11.5 Å². The number of tetrazole rings is 1. The number of nitrogens with zero attached hydrogens (tertiary/aromatic N) is 4. The molecule has 0 saturated heterocycles. The van der Waals surface area contributed by atoms with E-state index in [9.17, 15) is 0 Å². The lowest BCUT2D eigenvalue weighted by molar-refractivity contribution is 0.281. The largest absolute Gasteiger partial charge is 0.493 e. The van der Waals surface area contributed by atoms with E-state index in [1.807, 2.05) is 37.3 Å². The molecule has 0 saturated carbocycles. The van der Waals surface area contributed by atoms with Gasteiger partial charge in [0, 0.05) is 18.7 Å². The van der Waals surface area contributed by atoms with E-state index in [-0.39, 0.29) is 0 Å². The SMILES string of the molecule is CCn1nnnc1NCc1cccc(OC)c1OCc1ccccc1C. The Kier molecular flexibility index (Phi) is 5.68. The summed E-state index contributed by atoms with van der Waals surface area (Å²) in [7, 11) is 1.64. The molecule has 26 heavy (non-hydrogen) atoms. The van der Waals surface area contributed by atoms with Crippen molar-refractivity contribution in [3.63, 3.8) is 0 Å². The van der Waals surface area contributed by atoms with Crippen molar-refractivity contribution in [2.24, 2.45) is 0 Å². The maximum atomic E-state index is 6.13. The molecule has 0 amide bonds. The van der Waals surface area contributed by atoms with Crippen molar-refractivity contribution in [2.45, 2.75) is 33.5 Å². The molecule has 0 atom stereocenters. The van der Waals surface area contributed by atoms with Crippen LogP contribution >= 0.6 is 0 Å². The minimum atomic E-state index is 0.479. The lowest BCUT2D eigenvalue weighted by Gasteiger charge is -2.16. The molecule has 136 valence electrons. The molecule has 0 radical (unpaired) electrons. The normalized spacial score (nSPS) is 10.6. The fraction of sp³-hybridized carbons (Fsp3) is 0.316. The number of para-hydroxylation sites is 1. The second-order valence-electron chi connectivity index (χ2n) is 5.84. The summed E-state index contributed by atoms with van der Waals surface area (Å²) in [6.07, 6.45) is 0. The maximum Gasteiger partial charge on any atom is 0.243 e. The van der Waals surface area contributed by atoms with Crippen molar-refractivity contribution in [1.29, 1.82) is 0 Å². The molecule has 2 aromatic carbocycles. The average molecular weight is 353 g/mol. The van der Waals surface area contributed by atoms with Gasteiger partial charge in [-0.1, -0.05) is 41.5 Å². The third kappa shape index (κ3) is 3.93. The van der Waals surface area contributed by atoms with E-state index < -0.39 is 0 Å². The minimum Gasteiger partial charge on any atom is -0.493 e. The summed E-state index contributed by atoms with van der Waals surface area (Å²) in [5, 5.41) is 14.9. The van der Waals surface area contributed by atoms with Gasteiger partial charge in [-0.25, -0.2) is 4.68 Å². The summed E-state index contributed by atoms with van der Waals surface area (Å²) >= 11 is 0. The highest BCUT2D eigenvalue weighted by atomic mass is 16.5. The molecule has 0 aliphatic carbocycles. The zero-order valence-electron chi connectivity index (χ0n) is 15.3. The third-order valence-corrected chi connectivity index (χ3v) is 4.18. The first kappa shape index (κ1) is 17.7. The van der Waals surface area contributed by atoms with Crippen LogP contribution in [0, 0.1) is 6.92 Å². The highest BCUT2D eigenvalue weighted by molar-refractivity contribution is 5.48. The molecule has 0 spiro atoms. The molecular formula is C19H23N5O2. The summed E-state index contributed by atoms with van der Waals surface area (Å²) in [4.78, 5) is 0. The number of nitrogens with one attached hydrogen (secondary N) is 1. The number of ether oxygens (including phenoxy) is 2. The maximum absolute atomic E-state index is 6.13. The molecule has 3 aromatic rings. The molecule has 0 aliphatic rings. The lowest BCUT2D eigenvalue weighted by atomic mass is 10.1. The predicted octanol–water partition coefficient (Wildman–Crippen LogP) is 3.20. The van der Waals surface area contributed by atoms with E-state index in [0.717, 1.165) is 16.9 Å². The number of rotatable bonds is 8. The molecule has 3 rings (SSSR count). The van der Waals surface area contributed by atoms with Gasteiger partial charge >= 0.3 is 0 Å². The fourth-order valence-corrected chi connectivity index (χ4v) is 2.67. The first-order valence-corrected chi connectivity index (χ1v) is 8.56. The summed E-state index contributed by atoms with van der Waals surface area (Å²) in [5.41, 5.74) is 3.32. The molecule has 1 N–H and O–H groups in total. The Labute approximate surface area is 152 Å². The first-order chi connectivity index (χ1) is 12.7. The smallest absolute Gasteiger partial charge is 0.243 e. The molecule has 1 aromatic heterocycles. The molecule has 0 fully saturated rings.